The number of aliphatic hydroxyl groups excluding tert-OH is 1. The zero-order valence-corrected chi connectivity index (χ0v) is 9.50. The van der Waals surface area contributed by atoms with Crippen molar-refractivity contribution >= 4 is 0 Å². The van der Waals surface area contributed by atoms with Gasteiger partial charge in [-0.2, -0.15) is 0 Å². The van der Waals surface area contributed by atoms with Gasteiger partial charge in [0.15, 0.2) is 0 Å². The van der Waals surface area contributed by atoms with Gasteiger partial charge in [0.2, 0.25) is 0 Å². The zero-order chi connectivity index (χ0) is 10.6. The lowest BCUT2D eigenvalue weighted by molar-refractivity contribution is 0.0319. The largest absolute Gasteiger partial charge is 0.394 e. The smallest absolute Gasteiger partial charge is 0.0701 e. The molecule has 0 aliphatic carbocycles. The van der Waals surface area contributed by atoms with Gasteiger partial charge in [0.1, 0.15) is 0 Å². The maximum Gasteiger partial charge on any atom is 0.0701 e. The number of aliphatic hydroxyl groups is 1. The van der Waals surface area contributed by atoms with Gasteiger partial charge in [0.25, 0.3) is 0 Å². The molecule has 0 aliphatic heterocycles. The van der Waals surface area contributed by atoms with Crippen LogP contribution in [0.3, 0.4) is 0 Å². The number of rotatable bonds is 10. The third-order valence-electron chi connectivity index (χ3n) is 1.93. The van der Waals surface area contributed by atoms with Gasteiger partial charge in [-0.25, -0.2) is 0 Å². The van der Waals surface area contributed by atoms with Crippen LogP contribution in [0.15, 0.2) is 0 Å². The summed E-state index contributed by atoms with van der Waals surface area (Å²) in [6.45, 7) is 7.04. The average molecular weight is 204 g/mol. The molecule has 0 saturated carbocycles. The third kappa shape index (κ3) is 11.9. The SMILES string of the molecule is CC(C)CCCCOCCOCCO. The average Bonchev–Trinajstić information content (AvgIpc) is 2.15. The molecule has 0 saturated heterocycles. The van der Waals surface area contributed by atoms with Crippen LogP contribution in [-0.2, 0) is 9.47 Å². The molecule has 0 bridgehead atoms. The normalized spacial score (nSPS) is 11.1. The zero-order valence-electron chi connectivity index (χ0n) is 9.50. The highest BCUT2D eigenvalue weighted by atomic mass is 16.5. The van der Waals surface area contributed by atoms with E-state index < -0.39 is 0 Å². The lowest BCUT2D eigenvalue weighted by Crippen LogP contribution is -2.07. The Balaban J connectivity index is 2.85. The van der Waals surface area contributed by atoms with Gasteiger partial charge < -0.3 is 14.6 Å². The number of hydrogen-bond donors (Lipinski definition) is 1. The Morgan fingerprint density at radius 3 is 2.14 bits per heavy atom. The van der Waals surface area contributed by atoms with Crippen LogP contribution in [0.4, 0.5) is 0 Å². The Morgan fingerprint density at radius 2 is 1.57 bits per heavy atom. The van der Waals surface area contributed by atoms with Crippen molar-refractivity contribution in [1.82, 2.24) is 0 Å². The van der Waals surface area contributed by atoms with Crippen molar-refractivity contribution in [2.45, 2.75) is 33.1 Å². The number of unbranched alkanes of at least 4 members (excludes halogenated alkanes) is 1. The van der Waals surface area contributed by atoms with E-state index in [0.717, 1.165) is 18.9 Å². The molecule has 1 N–H and O–H groups in total. The second kappa shape index (κ2) is 11.0. The molecule has 0 amide bonds. The Labute approximate surface area is 87.4 Å². The Morgan fingerprint density at radius 1 is 0.929 bits per heavy atom. The van der Waals surface area contributed by atoms with E-state index in [9.17, 15) is 0 Å². The van der Waals surface area contributed by atoms with E-state index in [0.29, 0.717) is 19.8 Å². The van der Waals surface area contributed by atoms with E-state index in [1.807, 2.05) is 0 Å². The highest BCUT2D eigenvalue weighted by Gasteiger charge is 1.94. The Kier molecular flexibility index (Phi) is 10.9. The standard InChI is InChI=1S/C11H24O3/c1-11(2)5-3-4-7-13-9-10-14-8-6-12/h11-12H,3-10H2,1-2H3. The molecule has 0 aromatic carbocycles. The van der Waals surface area contributed by atoms with Crippen LogP contribution in [0.2, 0.25) is 0 Å². The predicted molar refractivity (Wildman–Crippen MR) is 57.4 cm³/mol. The lowest BCUT2D eigenvalue weighted by Gasteiger charge is -2.06. The summed E-state index contributed by atoms with van der Waals surface area (Å²) >= 11 is 0. The molecule has 0 aromatic heterocycles. The van der Waals surface area contributed by atoms with Crippen molar-refractivity contribution in [2.24, 2.45) is 5.92 Å². The van der Waals surface area contributed by atoms with Gasteiger partial charge in [-0.05, 0) is 12.3 Å². The van der Waals surface area contributed by atoms with Crippen molar-refractivity contribution in [2.75, 3.05) is 33.0 Å². The summed E-state index contributed by atoms with van der Waals surface area (Å²) in [5.74, 6) is 0.794. The molecule has 0 atom stereocenters. The van der Waals surface area contributed by atoms with Crippen LogP contribution >= 0.6 is 0 Å². The summed E-state index contributed by atoms with van der Waals surface area (Å²) in [4.78, 5) is 0. The van der Waals surface area contributed by atoms with Crippen molar-refractivity contribution in [3.63, 3.8) is 0 Å². The summed E-state index contributed by atoms with van der Waals surface area (Å²) in [5, 5.41) is 8.43. The number of hydrogen-bond acceptors (Lipinski definition) is 3. The molecule has 0 rings (SSSR count). The summed E-state index contributed by atoms with van der Waals surface area (Å²) in [5.41, 5.74) is 0. The molecule has 3 nitrogen and oxygen atoms in total. The molecule has 0 radical (unpaired) electrons. The fourth-order valence-electron chi connectivity index (χ4n) is 1.14. The molecular weight excluding hydrogens is 180 g/mol. The van der Waals surface area contributed by atoms with E-state index >= 15 is 0 Å². The minimum atomic E-state index is 0.0917. The fourth-order valence-corrected chi connectivity index (χ4v) is 1.14. The second-order valence-corrected chi connectivity index (χ2v) is 3.84. The molecule has 0 spiro atoms. The first-order valence-electron chi connectivity index (χ1n) is 5.53. The first-order chi connectivity index (χ1) is 6.77. The van der Waals surface area contributed by atoms with E-state index in [1.165, 1.54) is 12.8 Å². The maximum absolute atomic E-state index is 8.43. The van der Waals surface area contributed by atoms with Gasteiger partial charge in [-0.1, -0.05) is 26.7 Å². The van der Waals surface area contributed by atoms with Crippen molar-refractivity contribution in [3.05, 3.63) is 0 Å². The van der Waals surface area contributed by atoms with E-state index in [2.05, 4.69) is 13.8 Å². The highest BCUT2D eigenvalue weighted by Crippen LogP contribution is 2.05. The molecular formula is C11H24O3. The molecule has 0 unspecified atom stereocenters. The predicted octanol–water partition coefficient (Wildman–Crippen LogP) is 1.84. The summed E-state index contributed by atoms with van der Waals surface area (Å²) in [6.07, 6.45) is 3.66. The molecule has 0 aromatic rings. The Bertz CT molecular complexity index is 105. The molecule has 3 heteroatoms. The van der Waals surface area contributed by atoms with Gasteiger partial charge in [0.05, 0.1) is 26.4 Å². The molecule has 14 heavy (non-hydrogen) atoms. The van der Waals surface area contributed by atoms with Crippen molar-refractivity contribution < 1.29 is 14.6 Å². The van der Waals surface area contributed by atoms with Gasteiger partial charge in [0, 0.05) is 6.61 Å². The van der Waals surface area contributed by atoms with Gasteiger partial charge in [-0.15, -0.1) is 0 Å². The monoisotopic (exact) mass is 204 g/mol. The molecule has 0 heterocycles. The summed E-state index contributed by atoms with van der Waals surface area (Å²) < 4.78 is 10.4. The maximum atomic E-state index is 8.43. The Hall–Kier alpha value is -0.120. The first kappa shape index (κ1) is 13.9. The minimum absolute atomic E-state index is 0.0917. The number of ether oxygens (including phenoxy) is 2. The van der Waals surface area contributed by atoms with Crippen LogP contribution in [0.25, 0.3) is 0 Å². The third-order valence-corrected chi connectivity index (χ3v) is 1.93. The van der Waals surface area contributed by atoms with Crippen LogP contribution in [0, 0.1) is 5.92 Å². The van der Waals surface area contributed by atoms with Crippen LogP contribution in [0.5, 0.6) is 0 Å². The fraction of sp³-hybridized carbons (Fsp3) is 1.00. The van der Waals surface area contributed by atoms with Crippen LogP contribution in [0.1, 0.15) is 33.1 Å². The van der Waals surface area contributed by atoms with E-state index in [4.69, 9.17) is 14.6 Å². The highest BCUT2D eigenvalue weighted by molar-refractivity contribution is 4.45. The van der Waals surface area contributed by atoms with E-state index in [-0.39, 0.29) is 6.61 Å². The second-order valence-electron chi connectivity index (χ2n) is 3.84. The summed E-state index contributed by atoms with van der Waals surface area (Å²) in [6, 6.07) is 0. The summed E-state index contributed by atoms with van der Waals surface area (Å²) in [7, 11) is 0. The van der Waals surface area contributed by atoms with Gasteiger partial charge >= 0.3 is 0 Å². The minimum Gasteiger partial charge on any atom is -0.394 e. The quantitative estimate of drug-likeness (QED) is 0.552. The van der Waals surface area contributed by atoms with Crippen molar-refractivity contribution in [1.29, 1.82) is 0 Å². The molecule has 0 fully saturated rings. The van der Waals surface area contributed by atoms with Crippen LogP contribution in [-0.4, -0.2) is 38.1 Å². The molecule has 0 aliphatic rings. The molecule has 86 valence electrons. The van der Waals surface area contributed by atoms with Crippen molar-refractivity contribution in [3.8, 4) is 0 Å². The van der Waals surface area contributed by atoms with Gasteiger partial charge in [-0.3, -0.25) is 0 Å². The first-order valence-corrected chi connectivity index (χ1v) is 5.53. The van der Waals surface area contributed by atoms with E-state index in [1.54, 1.807) is 0 Å². The lowest BCUT2D eigenvalue weighted by atomic mass is 10.1. The topological polar surface area (TPSA) is 38.7 Å². The van der Waals surface area contributed by atoms with Crippen LogP contribution < -0.4 is 0 Å².